The number of aromatic nitrogens is 1. The van der Waals surface area contributed by atoms with E-state index < -0.39 is 22.2 Å². The predicted octanol–water partition coefficient (Wildman–Crippen LogP) is 1.96. The summed E-state index contributed by atoms with van der Waals surface area (Å²) in [7, 11) is 1.12. The average Bonchev–Trinajstić information content (AvgIpc) is 2.81. The maximum atomic E-state index is 11.5. The van der Waals surface area contributed by atoms with Crippen LogP contribution in [-0.2, 0) is 9.53 Å². The largest absolute Gasteiger partial charge is 0.464 e. The van der Waals surface area contributed by atoms with Gasteiger partial charge < -0.3 is 9.72 Å². The molecule has 2 aromatic rings. The van der Waals surface area contributed by atoms with Crippen LogP contribution in [0.3, 0.4) is 0 Å². The van der Waals surface area contributed by atoms with Crippen molar-refractivity contribution >= 4 is 29.5 Å². The molecule has 0 aliphatic rings. The molecule has 2 rings (SSSR count). The van der Waals surface area contributed by atoms with E-state index in [2.05, 4.69) is 22.3 Å². The Morgan fingerprint density at radius 3 is 2.79 bits per heavy atom. The SMILES string of the molecule is COC(=O)C(C(S)c1c[nH]c2ccccc12)[N+](=O)[O-]. The fourth-order valence-electron chi connectivity index (χ4n) is 1.96. The number of nitro groups is 1. The van der Waals surface area contributed by atoms with Crippen molar-refractivity contribution in [2.45, 2.75) is 11.3 Å². The van der Waals surface area contributed by atoms with E-state index in [4.69, 9.17) is 0 Å². The summed E-state index contributed by atoms with van der Waals surface area (Å²) in [5.74, 6) is -0.907. The Bertz CT molecular complexity index is 625. The molecule has 2 unspecified atom stereocenters. The Balaban J connectivity index is 2.44. The molecule has 2 atom stereocenters. The second-order valence-corrected chi connectivity index (χ2v) is 4.54. The van der Waals surface area contributed by atoms with Crippen molar-refractivity contribution in [1.29, 1.82) is 0 Å². The number of carbonyl (C=O) groups is 1. The Morgan fingerprint density at radius 1 is 1.47 bits per heavy atom. The van der Waals surface area contributed by atoms with Gasteiger partial charge in [0.1, 0.15) is 5.25 Å². The van der Waals surface area contributed by atoms with Crippen molar-refractivity contribution in [1.82, 2.24) is 4.98 Å². The van der Waals surface area contributed by atoms with E-state index in [-0.39, 0.29) is 0 Å². The third kappa shape index (κ3) is 2.41. The van der Waals surface area contributed by atoms with E-state index in [9.17, 15) is 14.9 Å². The number of nitrogens with one attached hydrogen (secondary N) is 1. The maximum Gasteiger partial charge on any atom is 0.382 e. The molecule has 7 heteroatoms. The van der Waals surface area contributed by atoms with Crippen LogP contribution in [0.4, 0.5) is 0 Å². The zero-order chi connectivity index (χ0) is 14.0. The molecule has 0 saturated heterocycles. The lowest BCUT2D eigenvalue weighted by molar-refractivity contribution is -0.510. The third-order valence-electron chi connectivity index (χ3n) is 2.91. The molecule has 0 saturated carbocycles. The van der Waals surface area contributed by atoms with Gasteiger partial charge in [-0.05, 0) is 11.6 Å². The number of nitrogens with zero attached hydrogens (tertiary/aromatic N) is 1. The number of para-hydroxylation sites is 1. The van der Waals surface area contributed by atoms with Crippen LogP contribution in [0.2, 0.25) is 0 Å². The summed E-state index contributed by atoms with van der Waals surface area (Å²) in [4.78, 5) is 24.8. The topological polar surface area (TPSA) is 85.2 Å². The van der Waals surface area contributed by atoms with Crippen molar-refractivity contribution in [2.24, 2.45) is 0 Å². The van der Waals surface area contributed by atoms with E-state index in [1.165, 1.54) is 0 Å². The molecule has 1 aromatic carbocycles. The van der Waals surface area contributed by atoms with Gasteiger partial charge in [-0.15, -0.1) is 0 Å². The zero-order valence-corrected chi connectivity index (χ0v) is 11.0. The Hall–Kier alpha value is -2.02. The number of H-pyrrole nitrogens is 1. The molecule has 0 aliphatic carbocycles. The molecule has 6 nitrogen and oxygen atoms in total. The summed E-state index contributed by atoms with van der Waals surface area (Å²) in [6.07, 6.45) is 1.63. The van der Waals surface area contributed by atoms with Crippen LogP contribution in [0.25, 0.3) is 10.9 Å². The summed E-state index contributed by atoms with van der Waals surface area (Å²) >= 11 is 4.23. The normalized spacial score (nSPS) is 14.0. The van der Waals surface area contributed by atoms with Gasteiger partial charge in [0, 0.05) is 22.0 Å². The van der Waals surface area contributed by atoms with E-state index in [1.54, 1.807) is 6.20 Å². The number of thiol groups is 1. The third-order valence-corrected chi connectivity index (χ3v) is 3.47. The quantitative estimate of drug-likeness (QED) is 0.388. The molecule has 1 N–H and O–H groups in total. The minimum absolute atomic E-state index is 0.603. The number of rotatable bonds is 4. The fourth-order valence-corrected chi connectivity index (χ4v) is 2.40. The van der Waals surface area contributed by atoms with Crippen LogP contribution < -0.4 is 0 Å². The van der Waals surface area contributed by atoms with Gasteiger partial charge in [-0.25, -0.2) is 4.79 Å². The second-order valence-electron chi connectivity index (χ2n) is 3.99. The van der Waals surface area contributed by atoms with E-state index in [0.717, 1.165) is 18.0 Å². The lowest BCUT2D eigenvalue weighted by Crippen LogP contribution is -2.34. The molecule has 19 heavy (non-hydrogen) atoms. The molecule has 0 spiro atoms. The van der Waals surface area contributed by atoms with E-state index >= 15 is 0 Å². The number of ether oxygens (including phenoxy) is 1. The molecule has 0 radical (unpaired) electrons. The number of hydrogen-bond donors (Lipinski definition) is 2. The lowest BCUT2D eigenvalue weighted by atomic mass is 10.0. The Labute approximate surface area is 114 Å². The number of hydrogen-bond acceptors (Lipinski definition) is 5. The first-order valence-electron chi connectivity index (χ1n) is 5.51. The maximum absolute atomic E-state index is 11.5. The highest BCUT2D eigenvalue weighted by atomic mass is 32.1. The molecule has 100 valence electrons. The van der Waals surface area contributed by atoms with Crippen molar-refractivity contribution in [3.63, 3.8) is 0 Å². The van der Waals surface area contributed by atoms with Crippen molar-refractivity contribution < 1.29 is 14.5 Å². The Kier molecular flexibility index (Phi) is 3.75. The van der Waals surface area contributed by atoms with Gasteiger partial charge in [0.2, 0.25) is 0 Å². The molecular formula is C12H12N2O4S. The minimum atomic E-state index is -1.53. The molecule has 0 bridgehead atoms. The molecule has 0 amide bonds. The smallest absolute Gasteiger partial charge is 0.382 e. The van der Waals surface area contributed by atoms with Crippen molar-refractivity contribution in [2.75, 3.05) is 7.11 Å². The summed E-state index contributed by atoms with van der Waals surface area (Å²) in [5, 5.41) is 10.9. The highest BCUT2D eigenvalue weighted by Gasteiger charge is 2.39. The molecule has 1 aromatic heterocycles. The number of methoxy groups -OCH3 is 1. The van der Waals surface area contributed by atoms with Crippen LogP contribution in [-0.4, -0.2) is 29.0 Å². The van der Waals surface area contributed by atoms with Gasteiger partial charge in [0.25, 0.3) is 0 Å². The van der Waals surface area contributed by atoms with Gasteiger partial charge in [-0.1, -0.05) is 18.2 Å². The van der Waals surface area contributed by atoms with Crippen LogP contribution in [0.15, 0.2) is 30.5 Å². The molecule has 1 heterocycles. The second kappa shape index (κ2) is 5.31. The number of fused-ring (bicyclic) bond motifs is 1. The number of aromatic amines is 1. The number of esters is 1. The van der Waals surface area contributed by atoms with Crippen molar-refractivity contribution in [3.05, 3.63) is 46.1 Å². The fraction of sp³-hybridized carbons (Fsp3) is 0.250. The van der Waals surface area contributed by atoms with Gasteiger partial charge in [0.05, 0.1) is 7.11 Å². The standard InChI is InChI=1S/C12H12N2O4S/c1-18-12(15)10(14(16)17)11(19)8-6-13-9-5-3-2-4-7(8)9/h2-6,10-11,13,19H,1H3. The minimum Gasteiger partial charge on any atom is -0.464 e. The highest BCUT2D eigenvalue weighted by molar-refractivity contribution is 7.80. The van der Waals surface area contributed by atoms with Crippen LogP contribution in [0.5, 0.6) is 0 Å². The molecule has 0 fully saturated rings. The summed E-state index contributed by atoms with van der Waals surface area (Å²) < 4.78 is 4.47. The lowest BCUT2D eigenvalue weighted by Gasteiger charge is -2.13. The first kappa shape index (κ1) is 13.4. The van der Waals surface area contributed by atoms with E-state index in [1.807, 2.05) is 24.3 Å². The summed E-state index contributed by atoms with van der Waals surface area (Å²) in [6, 6.07) is 5.80. The van der Waals surface area contributed by atoms with Crippen molar-refractivity contribution in [3.8, 4) is 0 Å². The van der Waals surface area contributed by atoms with E-state index in [0.29, 0.717) is 5.56 Å². The zero-order valence-electron chi connectivity index (χ0n) is 10.1. The Morgan fingerprint density at radius 2 is 2.16 bits per heavy atom. The van der Waals surface area contributed by atoms with Crippen LogP contribution in [0, 0.1) is 10.1 Å². The first-order chi connectivity index (χ1) is 9.06. The van der Waals surface area contributed by atoms with Gasteiger partial charge in [-0.2, -0.15) is 12.6 Å². The summed E-state index contributed by atoms with van der Waals surface area (Å²) in [6.45, 7) is 0. The number of carbonyl (C=O) groups excluding carboxylic acids is 1. The highest BCUT2D eigenvalue weighted by Crippen LogP contribution is 2.32. The average molecular weight is 280 g/mol. The molecule has 0 aliphatic heterocycles. The first-order valence-corrected chi connectivity index (χ1v) is 6.03. The number of benzene rings is 1. The van der Waals surface area contributed by atoms with Gasteiger partial charge >= 0.3 is 12.0 Å². The van der Waals surface area contributed by atoms with Gasteiger partial charge in [0.15, 0.2) is 0 Å². The molecular weight excluding hydrogens is 268 g/mol. The van der Waals surface area contributed by atoms with Crippen LogP contribution >= 0.6 is 12.6 Å². The summed E-state index contributed by atoms with van der Waals surface area (Å²) in [5.41, 5.74) is 1.44. The van der Waals surface area contributed by atoms with Crippen LogP contribution in [0.1, 0.15) is 10.8 Å². The predicted molar refractivity (Wildman–Crippen MR) is 72.8 cm³/mol. The monoisotopic (exact) mass is 280 g/mol. The van der Waals surface area contributed by atoms with Gasteiger partial charge in [-0.3, -0.25) is 10.1 Å².